The molecule has 2 fully saturated rings. The zero-order chi connectivity index (χ0) is 14.9. The van der Waals surface area contributed by atoms with Crippen LogP contribution in [0.15, 0.2) is 24.3 Å². The van der Waals surface area contributed by atoms with Gasteiger partial charge in [0, 0.05) is 0 Å². The van der Waals surface area contributed by atoms with Crippen LogP contribution in [0.1, 0.15) is 42.5 Å². The van der Waals surface area contributed by atoms with Crippen molar-refractivity contribution in [1.82, 2.24) is 4.90 Å². The van der Waals surface area contributed by atoms with Gasteiger partial charge in [0.15, 0.2) is 0 Å². The predicted molar refractivity (Wildman–Crippen MR) is 79.3 cm³/mol. The number of ether oxygens (including phenoxy) is 1. The lowest BCUT2D eigenvalue weighted by atomic mass is 9.79. The maximum Gasteiger partial charge on any atom is 0.332 e. The molecule has 0 atom stereocenters. The van der Waals surface area contributed by atoms with Crippen molar-refractivity contribution < 1.29 is 14.3 Å². The van der Waals surface area contributed by atoms with Crippen molar-refractivity contribution in [3.8, 4) is 0 Å². The predicted octanol–water partition coefficient (Wildman–Crippen LogP) is 3.04. The van der Waals surface area contributed by atoms with Crippen molar-refractivity contribution in [3.63, 3.8) is 0 Å². The van der Waals surface area contributed by atoms with Gasteiger partial charge in [-0.3, -0.25) is 4.79 Å². The summed E-state index contributed by atoms with van der Waals surface area (Å²) in [4.78, 5) is 26.9. The average molecular weight is 308 g/mol. The summed E-state index contributed by atoms with van der Waals surface area (Å²) in [6.07, 6.45) is 4.36. The molecule has 0 radical (unpaired) electrons. The van der Waals surface area contributed by atoms with Crippen molar-refractivity contribution in [1.29, 1.82) is 0 Å². The number of carbonyl (C=O) groups excluding carboxylic acids is 2. The smallest absolute Gasteiger partial charge is 0.332 e. The minimum absolute atomic E-state index is 0.167. The van der Waals surface area contributed by atoms with Crippen LogP contribution in [0.4, 0.5) is 0 Å². The Bertz CT molecular complexity index is 566. The number of carbonyl (C=O) groups is 2. The van der Waals surface area contributed by atoms with Crippen LogP contribution in [0, 0.1) is 0 Å². The first-order valence-corrected chi connectivity index (χ1v) is 7.77. The maximum atomic E-state index is 12.9. The van der Waals surface area contributed by atoms with E-state index in [1.165, 1.54) is 0 Å². The largest absolute Gasteiger partial charge is 0.462 e. The van der Waals surface area contributed by atoms with Gasteiger partial charge in [-0.15, -0.1) is 0 Å². The molecule has 21 heavy (non-hydrogen) atoms. The first-order chi connectivity index (χ1) is 10.1. The second-order valence-electron chi connectivity index (χ2n) is 5.66. The minimum Gasteiger partial charge on any atom is -0.462 e. The number of halogens is 1. The normalized spacial score (nSPS) is 21.2. The van der Waals surface area contributed by atoms with E-state index < -0.39 is 5.54 Å². The minimum atomic E-state index is -0.785. The van der Waals surface area contributed by atoms with E-state index in [-0.39, 0.29) is 18.5 Å². The Balaban J connectivity index is 1.96. The third kappa shape index (κ3) is 2.42. The number of cyclic esters (lactones) is 1. The summed E-state index contributed by atoms with van der Waals surface area (Å²) in [5, 5.41) is 0.424. The van der Waals surface area contributed by atoms with Gasteiger partial charge in [0.05, 0.1) is 17.1 Å². The monoisotopic (exact) mass is 307 g/mol. The molecule has 1 heterocycles. The van der Waals surface area contributed by atoms with Crippen LogP contribution in [-0.4, -0.2) is 35.5 Å². The lowest BCUT2D eigenvalue weighted by molar-refractivity contribution is -0.168. The molecule has 0 bridgehead atoms. The molecule has 5 heteroatoms. The summed E-state index contributed by atoms with van der Waals surface area (Å²) in [6.45, 7) is 0.701. The molecule has 112 valence electrons. The van der Waals surface area contributed by atoms with Crippen molar-refractivity contribution in [3.05, 3.63) is 34.9 Å². The van der Waals surface area contributed by atoms with E-state index in [0.29, 0.717) is 30.0 Å². The summed E-state index contributed by atoms with van der Waals surface area (Å²) in [6, 6.07) is 6.99. The summed E-state index contributed by atoms with van der Waals surface area (Å²) in [7, 11) is 0. The van der Waals surface area contributed by atoms with E-state index in [4.69, 9.17) is 16.3 Å². The van der Waals surface area contributed by atoms with Crippen molar-refractivity contribution in [2.75, 3.05) is 13.2 Å². The SMILES string of the molecule is O=C(c1ccccc1Cl)N1CCOC(=O)C12CCCCC2. The molecule has 1 aliphatic carbocycles. The van der Waals surface area contributed by atoms with Crippen LogP contribution in [0.25, 0.3) is 0 Å². The summed E-state index contributed by atoms with van der Waals surface area (Å²) >= 11 is 6.14. The van der Waals surface area contributed by atoms with Gasteiger partial charge in [-0.2, -0.15) is 0 Å². The fourth-order valence-corrected chi connectivity index (χ4v) is 3.59. The van der Waals surface area contributed by atoms with E-state index in [9.17, 15) is 9.59 Å². The number of nitrogens with zero attached hydrogens (tertiary/aromatic N) is 1. The van der Waals surface area contributed by atoms with E-state index in [2.05, 4.69) is 0 Å². The van der Waals surface area contributed by atoms with Gasteiger partial charge in [0.2, 0.25) is 0 Å². The third-order valence-corrected chi connectivity index (χ3v) is 4.80. The zero-order valence-corrected chi connectivity index (χ0v) is 12.6. The highest BCUT2D eigenvalue weighted by atomic mass is 35.5. The Morgan fingerprint density at radius 2 is 1.90 bits per heavy atom. The Labute approximate surface area is 129 Å². The maximum absolute atomic E-state index is 12.9. The third-order valence-electron chi connectivity index (χ3n) is 4.47. The Hall–Kier alpha value is -1.55. The molecule has 2 aliphatic rings. The molecular formula is C16H18ClNO3. The van der Waals surface area contributed by atoms with Crippen molar-refractivity contribution in [2.45, 2.75) is 37.6 Å². The number of morpholine rings is 1. The molecule has 1 aliphatic heterocycles. The Kier molecular flexibility index (Phi) is 3.89. The molecule has 3 rings (SSSR count). The average Bonchev–Trinajstić information content (AvgIpc) is 2.51. The second kappa shape index (κ2) is 5.68. The molecule has 4 nitrogen and oxygen atoms in total. The number of benzene rings is 1. The van der Waals surface area contributed by atoms with Crippen LogP contribution in [-0.2, 0) is 9.53 Å². The van der Waals surface area contributed by atoms with Crippen LogP contribution in [0.2, 0.25) is 5.02 Å². The van der Waals surface area contributed by atoms with E-state index >= 15 is 0 Å². The highest BCUT2D eigenvalue weighted by Crippen LogP contribution is 2.38. The molecule has 1 spiro atoms. The van der Waals surface area contributed by atoms with E-state index in [1.807, 2.05) is 0 Å². The van der Waals surface area contributed by atoms with E-state index in [0.717, 1.165) is 19.3 Å². The molecule has 0 aromatic heterocycles. The van der Waals surface area contributed by atoms with Crippen LogP contribution < -0.4 is 0 Å². The standard InChI is InChI=1S/C16H18ClNO3/c17-13-7-3-2-6-12(13)14(19)18-10-11-21-15(20)16(18)8-4-1-5-9-16/h2-3,6-7H,1,4-5,8-11H2. The van der Waals surface area contributed by atoms with Crippen LogP contribution in [0.5, 0.6) is 0 Å². The fourth-order valence-electron chi connectivity index (χ4n) is 3.37. The highest BCUT2D eigenvalue weighted by molar-refractivity contribution is 6.33. The van der Waals surface area contributed by atoms with Gasteiger partial charge in [-0.25, -0.2) is 4.79 Å². The van der Waals surface area contributed by atoms with Crippen LogP contribution in [0.3, 0.4) is 0 Å². The molecule has 0 N–H and O–H groups in total. The first kappa shape index (κ1) is 14.4. The summed E-state index contributed by atoms with van der Waals surface area (Å²) in [5.74, 6) is -0.423. The lowest BCUT2D eigenvalue weighted by Crippen LogP contribution is -2.62. The van der Waals surface area contributed by atoms with Crippen molar-refractivity contribution >= 4 is 23.5 Å². The van der Waals surface area contributed by atoms with Crippen LogP contribution >= 0.6 is 11.6 Å². The molecule has 1 aromatic carbocycles. The van der Waals surface area contributed by atoms with Gasteiger partial charge >= 0.3 is 5.97 Å². The summed E-state index contributed by atoms with van der Waals surface area (Å²) in [5.41, 5.74) is -0.328. The number of amides is 1. The molecule has 1 aromatic rings. The fraction of sp³-hybridized carbons (Fsp3) is 0.500. The lowest BCUT2D eigenvalue weighted by Gasteiger charge is -2.47. The van der Waals surface area contributed by atoms with Crippen molar-refractivity contribution in [2.24, 2.45) is 0 Å². The van der Waals surface area contributed by atoms with E-state index in [1.54, 1.807) is 29.2 Å². The Morgan fingerprint density at radius 3 is 2.62 bits per heavy atom. The highest BCUT2D eigenvalue weighted by Gasteiger charge is 2.50. The molecule has 1 saturated carbocycles. The summed E-state index contributed by atoms with van der Waals surface area (Å²) < 4.78 is 5.25. The van der Waals surface area contributed by atoms with Gasteiger partial charge in [-0.1, -0.05) is 43.0 Å². The molecule has 0 unspecified atom stereocenters. The molecule has 1 saturated heterocycles. The Morgan fingerprint density at radius 1 is 1.19 bits per heavy atom. The van der Waals surface area contributed by atoms with Gasteiger partial charge in [-0.05, 0) is 25.0 Å². The number of hydrogen-bond donors (Lipinski definition) is 0. The van der Waals surface area contributed by atoms with Gasteiger partial charge in [0.25, 0.3) is 5.91 Å². The molecular weight excluding hydrogens is 290 g/mol. The number of esters is 1. The molecule has 1 amide bonds. The van der Waals surface area contributed by atoms with Gasteiger partial charge in [0.1, 0.15) is 12.1 Å². The number of hydrogen-bond acceptors (Lipinski definition) is 3. The first-order valence-electron chi connectivity index (χ1n) is 7.39. The number of rotatable bonds is 1. The topological polar surface area (TPSA) is 46.6 Å². The van der Waals surface area contributed by atoms with Gasteiger partial charge < -0.3 is 9.64 Å². The quantitative estimate of drug-likeness (QED) is 0.749. The second-order valence-corrected chi connectivity index (χ2v) is 6.07. The zero-order valence-electron chi connectivity index (χ0n) is 11.8.